The Balaban J connectivity index is 1.84. The van der Waals surface area contributed by atoms with Gasteiger partial charge in [0.05, 0.1) is 5.75 Å². The molecule has 0 spiro atoms. The minimum atomic E-state index is -0.0444. The van der Waals surface area contributed by atoms with Crippen LogP contribution in [0, 0.1) is 5.92 Å². The van der Waals surface area contributed by atoms with Crippen LogP contribution in [0.3, 0.4) is 0 Å². The largest absolute Gasteiger partial charge is 0.326 e. The van der Waals surface area contributed by atoms with Crippen molar-refractivity contribution >= 4 is 52.2 Å². The fourth-order valence-corrected chi connectivity index (χ4v) is 4.64. The van der Waals surface area contributed by atoms with E-state index in [-0.39, 0.29) is 11.7 Å². The van der Waals surface area contributed by atoms with Gasteiger partial charge in [-0.25, -0.2) is 0 Å². The topological polar surface area (TPSA) is 72.0 Å². The van der Waals surface area contributed by atoms with Crippen LogP contribution in [0.4, 0.5) is 5.69 Å². The quantitative estimate of drug-likeness (QED) is 0.494. The number of Topliss-reactive ketones (excluding diaryl/α,β-unsaturated/α-hetero) is 1. The van der Waals surface area contributed by atoms with Gasteiger partial charge in [0.1, 0.15) is 0 Å². The van der Waals surface area contributed by atoms with E-state index >= 15 is 0 Å². The van der Waals surface area contributed by atoms with E-state index in [2.05, 4.69) is 29.4 Å². The van der Waals surface area contributed by atoms with Crippen molar-refractivity contribution in [2.24, 2.45) is 5.92 Å². The van der Waals surface area contributed by atoms with E-state index < -0.39 is 0 Å². The maximum absolute atomic E-state index is 12.3. The standard InChI is InChI=1S/C17H21N3O2S3/c1-4-15(22)18-13-7-5-12(6-8-13)14(21)10-24-17-20-19-16(25-17)23-9-11(2)3/h5-8,11H,4,9-10H2,1-3H3,(H,18,22). The molecule has 2 aromatic rings. The van der Waals surface area contributed by atoms with E-state index in [4.69, 9.17) is 0 Å². The molecule has 134 valence electrons. The number of ketones is 1. The molecule has 0 unspecified atom stereocenters. The number of carbonyl (C=O) groups is 2. The molecule has 1 aromatic carbocycles. The first kappa shape index (κ1) is 19.9. The van der Waals surface area contributed by atoms with Crippen molar-refractivity contribution in [1.82, 2.24) is 10.2 Å². The molecular formula is C17H21N3O2S3. The van der Waals surface area contributed by atoms with Crippen LogP contribution >= 0.6 is 34.9 Å². The molecule has 8 heteroatoms. The summed E-state index contributed by atoms with van der Waals surface area (Å²) in [5, 5.41) is 11.0. The van der Waals surface area contributed by atoms with Crippen LogP contribution in [0.25, 0.3) is 0 Å². The third-order valence-electron chi connectivity index (χ3n) is 3.07. The predicted octanol–water partition coefficient (Wildman–Crippen LogP) is 4.61. The van der Waals surface area contributed by atoms with Crippen LogP contribution in [-0.4, -0.2) is 33.4 Å². The second kappa shape index (κ2) is 9.94. The first-order chi connectivity index (χ1) is 12.0. The molecule has 1 aromatic heterocycles. The number of aromatic nitrogens is 2. The molecule has 0 saturated carbocycles. The molecule has 1 heterocycles. The van der Waals surface area contributed by atoms with Gasteiger partial charge in [-0.3, -0.25) is 9.59 Å². The summed E-state index contributed by atoms with van der Waals surface area (Å²) in [6.45, 7) is 6.13. The Bertz CT molecular complexity index is 714. The third kappa shape index (κ3) is 6.80. The minimum Gasteiger partial charge on any atom is -0.326 e. The number of rotatable bonds is 9. The second-order valence-corrected chi connectivity index (χ2v) is 9.20. The first-order valence-electron chi connectivity index (χ1n) is 8.00. The Morgan fingerprint density at radius 1 is 1.12 bits per heavy atom. The van der Waals surface area contributed by atoms with Crippen molar-refractivity contribution in [3.63, 3.8) is 0 Å². The second-order valence-electron chi connectivity index (χ2n) is 5.73. The molecule has 0 aliphatic rings. The van der Waals surface area contributed by atoms with Crippen molar-refractivity contribution in [3.8, 4) is 0 Å². The molecule has 5 nitrogen and oxygen atoms in total. The number of hydrogen-bond acceptors (Lipinski definition) is 7. The molecule has 1 N–H and O–H groups in total. The highest BCUT2D eigenvalue weighted by Gasteiger charge is 2.11. The lowest BCUT2D eigenvalue weighted by atomic mass is 10.1. The maximum Gasteiger partial charge on any atom is 0.224 e. The Morgan fingerprint density at radius 2 is 1.76 bits per heavy atom. The third-order valence-corrected chi connectivity index (χ3v) is 6.68. The van der Waals surface area contributed by atoms with Crippen LogP contribution in [0.5, 0.6) is 0 Å². The molecule has 0 fully saturated rings. The molecule has 0 radical (unpaired) electrons. The van der Waals surface area contributed by atoms with Crippen molar-refractivity contribution in [3.05, 3.63) is 29.8 Å². The Kier molecular flexibility index (Phi) is 7.92. The Labute approximate surface area is 160 Å². The lowest BCUT2D eigenvalue weighted by Gasteiger charge is -2.04. The number of carbonyl (C=O) groups excluding carboxylic acids is 2. The minimum absolute atomic E-state index is 0.0324. The smallest absolute Gasteiger partial charge is 0.224 e. The number of nitrogens with zero attached hydrogens (tertiary/aromatic N) is 2. The van der Waals surface area contributed by atoms with Crippen LogP contribution in [0.2, 0.25) is 0 Å². The van der Waals surface area contributed by atoms with Crippen LogP contribution < -0.4 is 5.32 Å². The van der Waals surface area contributed by atoms with Crippen molar-refractivity contribution < 1.29 is 9.59 Å². The number of anilines is 1. The van der Waals surface area contributed by atoms with Crippen LogP contribution in [-0.2, 0) is 4.79 Å². The van der Waals surface area contributed by atoms with E-state index in [9.17, 15) is 9.59 Å². The zero-order valence-electron chi connectivity index (χ0n) is 14.4. The Morgan fingerprint density at radius 3 is 2.36 bits per heavy atom. The fraction of sp³-hybridized carbons (Fsp3) is 0.412. The molecule has 25 heavy (non-hydrogen) atoms. The average molecular weight is 396 g/mol. The first-order valence-corrected chi connectivity index (χ1v) is 10.8. The van der Waals surface area contributed by atoms with Gasteiger partial charge in [0, 0.05) is 23.4 Å². The van der Waals surface area contributed by atoms with Gasteiger partial charge in [-0.1, -0.05) is 55.6 Å². The summed E-state index contributed by atoms with van der Waals surface area (Å²) in [4.78, 5) is 23.6. The molecule has 0 aliphatic heterocycles. The molecule has 0 bridgehead atoms. The summed E-state index contributed by atoms with van der Waals surface area (Å²) >= 11 is 4.64. The van der Waals surface area contributed by atoms with E-state index in [1.807, 2.05) is 0 Å². The van der Waals surface area contributed by atoms with Gasteiger partial charge < -0.3 is 5.32 Å². The average Bonchev–Trinajstić information content (AvgIpc) is 3.06. The van der Waals surface area contributed by atoms with E-state index in [0.717, 1.165) is 14.4 Å². The summed E-state index contributed by atoms with van der Waals surface area (Å²) in [5.41, 5.74) is 1.33. The summed E-state index contributed by atoms with van der Waals surface area (Å²) in [6, 6.07) is 6.96. The molecule has 1 amide bonds. The number of thioether (sulfide) groups is 2. The van der Waals surface area contributed by atoms with Gasteiger partial charge in [-0.15, -0.1) is 10.2 Å². The number of amides is 1. The van der Waals surface area contributed by atoms with E-state index in [0.29, 0.717) is 29.3 Å². The van der Waals surface area contributed by atoms with Gasteiger partial charge in [-0.05, 0) is 30.2 Å². The van der Waals surface area contributed by atoms with Gasteiger partial charge in [0.15, 0.2) is 14.5 Å². The van der Waals surface area contributed by atoms with Crippen molar-refractivity contribution in [2.75, 3.05) is 16.8 Å². The highest BCUT2D eigenvalue weighted by molar-refractivity contribution is 8.03. The zero-order valence-corrected chi connectivity index (χ0v) is 16.9. The maximum atomic E-state index is 12.3. The monoisotopic (exact) mass is 395 g/mol. The van der Waals surface area contributed by atoms with E-state index in [1.54, 1.807) is 43.0 Å². The van der Waals surface area contributed by atoms with Crippen molar-refractivity contribution in [2.45, 2.75) is 35.9 Å². The molecule has 2 rings (SSSR count). The summed E-state index contributed by atoms with van der Waals surface area (Å²) in [7, 11) is 0. The lowest BCUT2D eigenvalue weighted by Crippen LogP contribution is -2.09. The number of benzene rings is 1. The molecule has 0 atom stereocenters. The number of hydrogen-bond donors (Lipinski definition) is 1. The van der Waals surface area contributed by atoms with Crippen LogP contribution in [0.15, 0.2) is 32.9 Å². The lowest BCUT2D eigenvalue weighted by molar-refractivity contribution is -0.115. The van der Waals surface area contributed by atoms with Gasteiger partial charge >= 0.3 is 0 Å². The highest BCUT2D eigenvalue weighted by atomic mass is 32.2. The molecular weight excluding hydrogens is 374 g/mol. The van der Waals surface area contributed by atoms with Crippen molar-refractivity contribution in [1.29, 1.82) is 0 Å². The predicted molar refractivity (Wildman–Crippen MR) is 106 cm³/mol. The van der Waals surface area contributed by atoms with E-state index in [1.165, 1.54) is 23.1 Å². The Hall–Kier alpha value is -1.38. The zero-order chi connectivity index (χ0) is 18.2. The normalized spacial score (nSPS) is 10.9. The van der Waals surface area contributed by atoms with Gasteiger partial charge in [0.2, 0.25) is 5.91 Å². The summed E-state index contributed by atoms with van der Waals surface area (Å²) in [5.74, 6) is 1.93. The molecule has 0 saturated heterocycles. The highest BCUT2D eigenvalue weighted by Crippen LogP contribution is 2.30. The van der Waals surface area contributed by atoms with Gasteiger partial charge in [0.25, 0.3) is 0 Å². The van der Waals surface area contributed by atoms with Gasteiger partial charge in [-0.2, -0.15) is 0 Å². The molecule has 0 aliphatic carbocycles. The summed E-state index contributed by atoms with van der Waals surface area (Å²) < 4.78 is 1.76. The number of nitrogens with one attached hydrogen (secondary N) is 1. The SMILES string of the molecule is CCC(=O)Nc1ccc(C(=O)CSc2nnc(SCC(C)C)s2)cc1. The fourth-order valence-electron chi connectivity index (χ4n) is 1.75. The summed E-state index contributed by atoms with van der Waals surface area (Å²) in [6.07, 6.45) is 0.427. The van der Waals surface area contributed by atoms with Crippen LogP contribution in [0.1, 0.15) is 37.6 Å².